The minimum absolute atomic E-state index is 0.0455. The number of hydrogen-bond donors (Lipinski definition) is 0. The predicted molar refractivity (Wildman–Crippen MR) is 88.1 cm³/mol. The first kappa shape index (κ1) is 15.5. The number of benzene rings is 1. The molecule has 3 fully saturated rings. The first-order valence-corrected chi connectivity index (χ1v) is 8.95. The highest BCUT2D eigenvalue weighted by molar-refractivity contribution is 5.86. The summed E-state index contributed by atoms with van der Waals surface area (Å²) < 4.78 is 0. The summed E-state index contributed by atoms with van der Waals surface area (Å²) in [7, 11) is 0. The molecule has 5 heteroatoms. The highest BCUT2D eigenvalue weighted by Crippen LogP contribution is 2.52. The summed E-state index contributed by atoms with van der Waals surface area (Å²) in [5, 5.41) is 11.5. The van der Waals surface area contributed by atoms with Crippen molar-refractivity contribution in [2.45, 2.75) is 19.3 Å². The second-order valence-corrected chi connectivity index (χ2v) is 7.35. The van der Waals surface area contributed by atoms with E-state index in [9.17, 15) is 14.7 Å². The molecule has 1 saturated heterocycles. The van der Waals surface area contributed by atoms with Crippen molar-refractivity contribution in [2.75, 3.05) is 31.1 Å². The summed E-state index contributed by atoms with van der Waals surface area (Å²) in [5.41, 5.74) is 1.18. The Morgan fingerprint density at radius 2 is 1.54 bits per heavy atom. The Kier molecular flexibility index (Phi) is 3.94. The molecule has 0 aromatic heterocycles. The second kappa shape index (κ2) is 6.11. The molecule has 3 aliphatic rings. The van der Waals surface area contributed by atoms with Gasteiger partial charge in [0.05, 0.1) is 0 Å². The average Bonchev–Trinajstić information content (AvgIpc) is 3.23. The van der Waals surface area contributed by atoms with Gasteiger partial charge in [-0.1, -0.05) is 18.2 Å². The van der Waals surface area contributed by atoms with Crippen molar-refractivity contribution in [2.24, 2.45) is 23.7 Å². The highest BCUT2D eigenvalue weighted by atomic mass is 16.4. The number of nitrogens with zero attached hydrogens (tertiary/aromatic N) is 2. The van der Waals surface area contributed by atoms with Crippen LogP contribution in [0, 0.1) is 23.7 Å². The number of carboxylic acid groups (broad SMARTS) is 1. The van der Waals surface area contributed by atoms with E-state index in [-0.39, 0.29) is 23.7 Å². The summed E-state index contributed by atoms with van der Waals surface area (Å²) in [6, 6.07) is 10.2. The van der Waals surface area contributed by atoms with Crippen LogP contribution < -0.4 is 10.0 Å². The fourth-order valence-corrected chi connectivity index (χ4v) is 5.02. The van der Waals surface area contributed by atoms with Gasteiger partial charge in [-0.2, -0.15) is 0 Å². The zero-order chi connectivity index (χ0) is 16.7. The van der Waals surface area contributed by atoms with Gasteiger partial charge in [-0.15, -0.1) is 0 Å². The van der Waals surface area contributed by atoms with Crippen molar-refractivity contribution in [3.8, 4) is 0 Å². The lowest BCUT2D eigenvalue weighted by atomic mass is 9.78. The molecule has 0 radical (unpaired) electrons. The quantitative estimate of drug-likeness (QED) is 0.822. The molecule has 4 rings (SSSR count). The van der Waals surface area contributed by atoms with Crippen molar-refractivity contribution in [1.82, 2.24) is 4.90 Å². The van der Waals surface area contributed by atoms with E-state index < -0.39 is 11.9 Å². The average molecular weight is 327 g/mol. The van der Waals surface area contributed by atoms with Crippen LogP contribution in [-0.4, -0.2) is 43.0 Å². The van der Waals surface area contributed by atoms with Crippen molar-refractivity contribution in [3.05, 3.63) is 30.3 Å². The summed E-state index contributed by atoms with van der Waals surface area (Å²) in [5.74, 6) is -1.50. The van der Waals surface area contributed by atoms with Gasteiger partial charge >= 0.3 is 0 Å². The van der Waals surface area contributed by atoms with Crippen LogP contribution in [0.3, 0.4) is 0 Å². The van der Waals surface area contributed by atoms with Crippen molar-refractivity contribution < 1.29 is 14.7 Å². The first-order chi connectivity index (χ1) is 11.6. The van der Waals surface area contributed by atoms with Gasteiger partial charge in [0.25, 0.3) is 0 Å². The van der Waals surface area contributed by atoms with Gasteiger partial charge in [0.15, 0.2) is 0 Å². The molecule has 1 aliphatic heterocycles. The van der Waals surface area contributed by atoms with Crippen LogP contribution in [0.15, 0.2) is 30.3 Å². The number of para-hydroxylation sites is 1. The topological polar surface area (TPSA) is 63.7 Å². The Balaban J connectivity index is 1.42. The maximum Gasteiger partial charge on any atom is 0.226 e. The Morgan fingerprint density at radius 1 is 0.917 bits per heavy atom. The van der Waals surface area contributed by atoms with Gasteiger partial charge in [-0.05, 0) is 43.2 Å². The number of piperazine rings is 1. The van der Waals surface area contributed by atoms with E-state index in [2.05, 4.69) is 17.0 Å². The van der Waals surface area contributed by atoms with Crippen LogP contribution >= 0.6 is 0 Å². The van der Waals surface area contributed by atoms with E-state index in [4.69, 9.17) is 0 Å². The third-order valence-corrected chi connectivity index (χ3v) is 6.19. The van der Waals surface area contributed by atoms with Crippen molar-refractivity contribution >= 4 is 17.6 Å². The van der Waals surface area contributed by atoms with Crippen LogP contribution in [0.5, 0.6) is 0 Å². The molecule has 1 amide bonds. The van der Waals surface area contributed by atoms with E-state index in [1.54, 1.807) is 0 Å². The number of carboxylic acids is 1. The predicted octanol–water partition coefficient (Wildman–Crippen LogP) is 0.747. The van der Waals surface area contributed by atoms with E-state index >= 15 is 0 Å². The molecular formula is C19H23N2O3-. The fraction of sp³-hybridized carbons (Fsp3) is 0.579. The number of hydrogen-bond acceptors (Lipinski definition) is 4. The van der Waals surface area contributed by atoms with Crippen molar-refractivity contribution in [1.29, 1.82) is 0 Å². The van der Waals surface area contributed by atoms with Gasteiger partial charge in [-0.25, -0.2) is 0 Å². The van der Waals surface area contributed by atoms with Gasteiger partial charge in [0.1, 0.15) is 0 Å². The molecule has 2 aliphatic carbocycles. The lowest BCUT2D eigenvalue weighted by Crippen LogP contribution is -2.53. The molecule has 0 spiro atoms. The molecule has 4 atom stereocenters. The van der Waals surface area contributed by atoms with E-state index in [1.807, 2.05) is 23.1 Å². The Hall–Kier alpha value is -2.04. The highest BCUT2D eigenvalue weighted by Gasteiger charge is 2.52. The molecule has 128 valence electrons. The van der Waals surface area contributed by atoms with Crippen LogP contribution in [0.1, 0.15) is 19.3 Å². The lowest BCUT2D eigenvalue weighted by Gasteiger charge is -2.40. The number of aliphatic carboxylic acids is 1. The van der Waals surface area contributed by atoms with Gasteiger partial charge < -0.3 is 19.7 Å². The number of fused-ring (bicyclic) bond motifs is 2. The van der Waals surface area contributed by atoms with Gasteiger partial charge in [0, 0.05) is 49.7 Å². The van der Waals surface area contributed by atoms with Crippen LogP contribution in [0.2, 0.25) is 0 Å². The summed E-state index contributed by atoms with van der Waals surface area (Å²) in [4.78, 5) is 28.7. The van der Waals surface area contributed by atoms with Crippen LogP contribution in [0.4, 0.5) is 5.69 Å². The third-order valence-electron chi connectivity index (χ3n) is 6.19. The second-order valence-electron chi connectivity index (χ2n) is 7.35. The Bertz CT molecular complexity index is 625. The number of carbonyl (C=O) groups excluding carboxylic acids is 2. The minimum Gasteiger partial charge on any atom is -0.550 e. The van der Waals surface area contributed by atoms with Gasteiger partial charge in [0.2, 0.25) is 5.91 Å². The fourth-order valence-electron chi connectivity index (χ4n) is 5.02. The van der Waals surface area contributed by atoms with E-state index in [0.717, 1.165) is 32.4 Å². The zero-order valence-corrected chi connectivity index (χ0v) is 13.8. The maximum atomic E-state index is 13.0. The minimum atomic E-state index is -1.02. The summed E-state index contributed by atoms with van der Waals surface area (Å²) >= 11 is 0. The molecule has 0 unspecified atom stereocenters. The van der Waals surface area contributed by atoms with E-state index in [0.29, 0.717) is 13.1 Å². The Morgan fingerprint density at radius 3 is 2.17 bits per heavy atom. The zero-order valence-electron chi connectivity index (χ0n) is 13.8. The number of amides is 1. The standard InChI is InChI=1S/C19H24N2O3/c22-18(16-13-6-7-14(12-13)17(16)19(23)24)21-10-8-20(9-11-21)15-4-2-1-3-5-15/h1-5,13-14,16-17H,6-12H2,(H,23,24)/p-1/t13-,14-,16-,17+/m1/s1. The molecule has 0 N–H and O–H groups in total. The molecule has 24 heavy (non-hydrogen) atoms. The first-order valence-electron chi connectivity index (χ1n) is 8.95. The lowest BCUT2D eigenvalue weighted by molar-refractivity contribution is -0.314. The molecule has 2 bridgehead atoms. The summed E-state index contributed by atoms with van der Waals surface area (Å²) in [6.07, 6.45) is 2.82. The number of rotatable bonds is 3. The largest absolute Gasteiger partial charge is 0.550 e. The van der Waals surface area contributed by atoms with Crippen LogP contribution in [0.25, 0.3) is 0 Å². The SMILES string of the molecule is O=C([O-])[C@H]1[C@@H]2CC[C@H](C2)[C@H]1C(=O)N1CCN(c2ccccc2)CC1. The summed E-state index contributed by atoms with van der Waals surface area (Å²) in [6.45, 7) is 2.93. The van der Waals surface area contributed by atoms with Crippen LogP contribution in [-0.2, 0) is 9.59 Å². The normalized spacial score (nSPS) is 32.2. The van der Waals surface area contributed by atoms with Gasteiger partial charge in [-0.3, -0.25) is 4.79 Å². The van der Waals surface area contributed by atoms with Crippen molar-refractivity contribution in [3.63, 3.8) is 0 Å². The molecule has 1 aromatic carbocycles. The Labute approximate surface area is 142 Å². The number of anilines is 1. The maximum absolute atomic E-state index is 13.0. The monoisotopic (exact) mass is 327 g/mol. The third kappa shape index (κ3) is 2.56. The van der Waals surface area contributed by atoms with E-state index in [1.165, 1.54) is 5.69 Å². The molecular weight excluding hydrogens is 304 g/mol. The molecule has 5 nitrogen and oxygen atoms in total. The molecule has 2 saturated carbocycles. The molecule has 1 aromatic rings. The smallest absolute Gasteiger partial charge is 0.226 e. The molecule has 1 heterocycles. The number of carbonyl (C=O) groups is 2.